The molecule has 5 heteroatoms. The number of halogens is 1. The van der Waals surface area contributed by atoms with Crippen LogP contribution < -0.4 is 0 Å². The van der Waals surface area contributed by atoms with E-state index in [0.717, 1.165) is 6.42 Å². The zero-order valence-electron chi connectivity index (χ0n) is 9.49. The van der Waals surface area contributed by atoms with Crippen LogP contribution in [0.25, 0.3) is 0 Å². The summed E-state index contributed by atoms with van der Waals surface area (Å²) in [6, 6.07) is 0. The SMILES string of the molecule is CCCN1CC(=O)N(CC=CCCl)CC1=O. The van der Waals surface area contributed by atoms with Gasteiger partial charge in [-0.2, -0.15) is 0 Å². The first-order valence-electron chi connectivity index (χ1n) is 5.45. The smallest absolute Gasteiger partial charge is 0.242 e. The number of hydrogen-bond donors (Lipinski definition) is 0. The zero-order chi connectivity index (χ0) is 12.0. The maximum absolute atomic E-state index is 11.7. The third-order valence-electron chi connectivity index (χ3n) is 2.43. The van der Waals surface area contributed by atoms with E-state index in [2.05, 4.69) is 0 Å². The topological polar surface area (TPSA) is 40.6 Å². The van der Waals surface area contributed by atoms with Crippen LogP contribution in [0.15, 0.2) is 12.2 Å². The van der Waals surface area contributed by atoms with Crippen LogP contribution in [0.2, 0.25) is 0 Å². The second-order valence-corrected chi connectivity index (χ2v) is 4.02. The van der Waals surface area contributed by atoms with Gasteiger partial charge >= 0.3 is 0 Å². The molecule has 0 spiro atoms. The van der Waals surface area contributed by atoms with Gasteiger partial charge in [0.05, 0.1) is 6.54 Å². The molecule has 1 aliphatic heterocycles. The molecule has 0 aliphatic carbocycles. The Balaban J connectivity index is 2.50. The van der Waals surface area contributed by atoms with Gasteiger partial charge in [-0.3, -0.25) is 9.59 Å². The quantitative estimate of drug-likeness (QED) is 0.532. The van der Waals surface area contributed by atoms with E-state index in [0.29, 0.717) is 19.0 Å². The number of hydrogen-bond acceptors (Lipinski definition) is 2. The highest BCUT2D eigenvalue weighted by Gasteiger charge is 2.28. The largest absolute Gasteiger partial charge is 0.332 e. The number of carbonyl (C=O) groups is 2. The van der Waals surface area contributed by atoms with Crippen molar-refractivity contribution in [2.45, 2.75) is 13.3 Å². The first kappa shape index (κ1) is 13.0. The minimum atomic E-state index is 0.00673. The molecule has 0 aromatic rings. The molecule has 0 aromatic heterocycles. The van der Waals surface area contributed by atoms with Crippen LogP contribution in [0, 0.1) is 0 Å². The molecule has 90 valence electrons. The molecule has 1 aliphatic rings. The molecular formula is C11H17ClN2O2. The van der Waals surface area contributed by atoms with E-state index >= 15 is 0 Å². The minimum absolute atomic E-state index is 0.00673. The fraction of sp³-hybridized carbons (Fsp3) is 0.636. The first-order valence-corrected chi connectivity index (χ1v) is 5.99. The summed E-state index contributed by atoms with van der Waals surface area (Å²) < 4.78 is 0. The normalized spacial score (nSPS) is 17.6. The van der Waals surface area contributed by atoms with Gasteiger partial charge in [0.15, 0.2) is 0 Å². The number of carbonyl (C=O) groups excluding carboxylic acids is 2. The van der Waals surface area contributed by atoms with Gasteiger partial charge in [0.25, 0.3) is 0 Å². The van der Waals surface area contributed by atoms with Gasteiger partial charge < -0.3 is 9.80 Å². The fourth-order valence-electron chi connectivity index (χ4n) is 1.61. The van der Waals surface area contributed by atoms with Crippen molar-refractivity contribution in [1.29, 1.82) is 0 Å². The molecule has 1 saturated heterocycles. The maximum atomic E-state index is 11.7. The van der Waals surface area contributed by atoms with E-state index in [9.17, 15) is 9.59 Å². The number of rotatable bonds is 5. The lowest BCUT2D eigenvalue weighted by molar-refractivity contribution is -0.149. The van der Waals surface area contributed by atoms with E-state index in [1.165, 1.54) is 0 Å². The number of amides is 2. The Kier molecular flexibility index (Phi) is 5.32. The van der Waals surface area contributed by atoms with Gasteiger partial charge in [-0.15, -0.1) is 11.6 Å². The highest BCUT2D eigenvalue weighted by molar-refractivity contribution is 6.18. The lowest BCUT2D eigenvalue weighted by Crippen LogP contribution is -2.53. The Labute approximate surface area is 101 Å². The van der Waals surface area contributed by atoms with Crippen LogP contribution in [0.1, 0.15) is 13.3 Å². The summed E-state index contributed by atoms with van der Waals surface area (Å²) in [5.41, 5.74) is 0. The van der Waals surface area contributed by atoms with Crippen LogP contribution in [-0.2, 0) is 9.59 Å². The Morgan fingerprint density at radius 1 is 1.19 bits per heavy atom. The predicted molar refractivity (Wildman–Crippen MR) is 63.3 cm³/mol. The second-order valence-electron chi connectivity index (χ2n) is 3.72. The van der Waals surface area contributed by atoms with E-state index in [-0.39, 0.29) is 24.9 Å². The molecule has 1 heterocycles. The molecule has 0 N–H and O–H groups in total. The minimum Gasteiger partial charge on any atom is -0.332 e. The summed E-state index contributed by atoms with van der Waals surface area (Å²) in [6.45, 7) is 3.52. The molecule has 4 nitrogen and oxygen atoms in total. The Hall–Kier alpha value is -1.03. The molecule has 1 rings (SSSR count). The highest BCUT2D eigenvalue weighted by atomic mass is 35.5. The van der Waals surface area contributed by atoms with Crippen LogP contribution in [-0.4, -0.2) is 53.7 Å². The van der Waals surface area contributed by atoms with Crippen molar-refractivity contribution in [2.75, 3.05) is 32.1 Å². The molecule has 2 amide bonds. The maximum Gasteiger partial charge on any atom is 0.242 e. The average Bonchev–Trinajstić information content (AvgIpc) is 2.25. The van der Waals surface area contributed by atoms with Gasteiger partial charge in [0.1, 0.15) is 6.54 Å². The lowest BCUT2D eigenvalue weighted by Gasteiger charge is -2.33. The predicted octanol–water partition coefficient (Wildman–Crippen LogP) is 0.862. The molecule has 0 atom stereocenters. The Morgan fingerprint density at radius 3 is 2.44 bits per heavy atom. The Morgan fingerprint density at radius 2 is 1.81 bits per heavy atom. The fourth-order valence-corrected chi connectivity index (χ4v) is 1.73. The number of alkyl halides is 1. The standard InChI is InChI=1S/C11H17ClN2O2/c1-2-6-13-8-11(16)14(9-10(13)15)7-4-3-5-12/h3-4H,2,5-9H2,1H3. The van der Waals surface area contributed by atoms with Gasteiger partial charge in [-0.05, 0) is 6.42 Å². The molecule has 0 bridgehead atoms. The molecule has 16 heavy (non-hydrogen) atoms. The van der Waals surface area contributed by atoms with Crippen molar-refractivity contribution in [2.24, 2.45) is 0 Å². The van der Waals surface area contributed by atoms with Crippen LogP contribution >= 0.6 is 11.6 Å². The van der Waals surface area contributed by atoms with Gasteiger partial charge in [0.2, 0.25) is 11.8 Å². The third kappa shape index (κ3) is 3.52. The van der Waals surface area contributed by atoms with Gasteiger partial charge in [0, 0.05) is 19.0 Å². The highest BCUT2D eigenvalue weighted by Crippen LogP contribution is 2.05. The third-order valence-corrected chi connectivity index (χ3v) is 2.61. The van der Waals surface area contributed by atoms with Gasteiger partial charge in [-0.25, -0.2) is 0 Å². The average molecular weight is 245 g/mol. The van der Waals surface area contributed by atoms with E-state index < -0.39 is 0 Å². The summed E-state index contributed by atoms with van der Waals surface area (Å²) in [4.78, 5) is 26.5. The monoisotopic (exact) mass is 244 g/mol. The summed E-state index contributed by atoms with van der Waals surface area (Å²) in [6.07, 6.45) is 4.47. The van der Waals surface area contributed by atoms with Crippen molar-refractivity contribution in [1.82, 2.24) is 9.80 Å². The summed E-state index contributed by atoms with van der Waals surface area (Å²) in [5.74, 6) is 0.464. The molecule has 0 radical (unpaired) electrons. The number of piperazine rings is 1. The lowest BCUT2D eigenvalue weighted by atomic mass is 10.2. The van der Waals surface area contributed by atoms with E-state index in [4.69, 9.17) is 11.6 Å². The van der Waals surface area contributed by atoms with Gasteiger partial charge in [-0.1, -0.05) is 19.1 Å². The van der Waals surface area contributed by atoms with Crippen molar-refractivity contribution < 1.29 is 9.59 Å². The summed E-state index contributed by atoms with van der Waals surface area (Å²) >= 11 is 5.48. The molecule has 0 aromatic carbocycles. The summed E-state index contributed by atoms with van der Waals surface area (Å²) in [7, 11) is 0. The summed E-state index contributed by atoms with van der Waals surface area (Å²) in [5, 5.41) is 0. The van der Waals surface area contributed by atoms with Crippen LogP contribution in [0.5, 0.6) is 0 Å². The molecular weight excluding hydrogens is 228 g/mol. The molecule has 1 fully saturated rings. The number of allylic oxidation sites excluding steroid dienone is 1. The second kappa shape index (κ2) is 6.53. The van der Waals surface area contributed by atoms with Crippen molar-refractivity contribution in [3.8, 4) is 0 Å². The first-order chi connectivity index (χ1) is 7.69. The van der Waals surface area contributed by atoms with Crippen molar-refractivity contribution in [3.63, 3.8) is 0 Å². The van der Waals surface area contributed by atoms with E-state index in [1.807, 2.05) is 13.0 Å². The van der Waals surface area contributed by atoms with Crippen molar-refractivity contribution >= 4 is 23.4 Å². The van der Waals surface area contributed by atoms with E-state index in [1.54, 1.807) is 15.9 Å². The number of nitrogens with zero attached hydrogens (tertiary/aromatic N) is 2. The molecule has 0 saturated carbocycles. The Bertz CT molecular complexity index is 292. The van der Waals surface area contributed by atoms with Crippen LogP contribution in [0.3, 0.4) is 0 Å². The zero-order valence-corrected chi connectivity index (χ0v) is 10.2. The molecule has 0 unspecified atom stereocenters. The van der Waals surface area contributed by atoms with Crippen molar-refractivity contribution in [3.05, 3.63) is 12.2 Å². The van der Waals surface area contributed by atoms with Crippen LogP contribution in [0.4, 0.5) is 0 Å².